The van der Waals surface area contributed by atoms with E-state index in [1.54, 1.807) is 0 Å². The van der Waals surface area contributed by atoms with Gasteiger partial charge in [0.2, 0.25) is 11.8 Å². The van der Waals surface area contributed by atoms with Gasteiger partial charge < -0.3 is 11.5 Å². The molecule has 0 aromatic heterocycles. The number of amides is 2. The fourth-order valence-corrected chi connectivity index (χ4v) is 2.56. The molecule has 2 rings (SSSR count). The zero-order valence-corrected chi connectivity index (χ0v) is 12.7. The molecule has 4 nitrogen and oxygen atoms in total. The zero-order chi connectivity index (χ0) is 16.1. The van der Waals surface area contributed by atoms with E-state index in [-0.39, 0.29) is 6.42 Å². The first-order chi connectivity index (χ1) is 10.5. The highest BCUT2D eigenvalue weighted by Gasteiger charge is 2.18. The summed E-state index contributed by atoms with van der Waals surface area (Å²) in [4.78, 5) is 22.4. The van der Waals surface area contributed by atoms with Crippen LogP contribution in [0.2, 0.25) is 5.02 Å². The number of rotatable bonds is 6. The molecule has 0 heterocycles. The van der Waals surface area contributed by atoms with Gasteiger partial charge in [0.25, 0.3) is 0 Å². The molecule has 2 amide bonds. The number of halogens is 1. The second-order valence-corrected chi connectivity index (χ2v) is 5.56. The van der Waals surface area contributed by atoms with Crippen LogP contribution in [0.15, 0.2) is 48.5 Å². The molecule has 0 bridgehead atoms. The second-order valence-electron chi connectivity index (χ2n) is 5.15. The van der Waals surface area contributed by atoms with Gasteiger partial charge in [0.05, 0.1) is 5.92 Å². The Bertz CT molecular complexity index is 683. The summed E-state index contributed by atoms with van der Waals surface area (Å²) >= 11 is 6.17. The van der Waals surface area contributed by atoms with Crippen LogP contribution in [0.25, 0.3) is 11.1 Å². The van der Waals surface area contributed by atoms with Crippen molar-refractivity contribution in [1.29, 1.82) is 0 Å². The van der Waals surface area contributed by atoms with Crippen LogP contribution in [0, 0.1) is 5.92 Å². The Kier molecular flexibility index (Phi) is 5.17. The predicted molar refractivity (Wildman–Crippen MR) is 87.1 cm³/mol. The van der Waals surface area contributed by atoms with Crippen molar-refractivity contribution in [2.24, 2.45) is 17.4 Å². The summed E-state index contributed by atoms with van der Waals surface area (Å²) in [6, 6.07) is 15.2. The molecular weight excluding hydrogens is 300 g/mol. The van der Waals surface area contributed by atoms with Crippen LogP contribution < -0.4 is 11.5 Å². The van der Waals surface area contributed by atoms with Crippen LogP contribution in [0.1, 0.15) is 12.0 Å². The van der Waals surface area contributed by atoms with E-state index in [0.717, 1.165) is 16.7 Å². The summed E-state index contributed by atoms with van der Waals surface area (Å²) in [6.07, 6.45) is 0.350. The van der Waals surface area contributed by atoms with Gasteiger partial charge in [0, 0.05) is 17.0 Å². The lowest BCUT2D eigenvalue weighted by Crippen LogP contribution is -2.29. The molecule has 2 aromatic rings. The van der Waals surface area contributed by atoms with E-state index in [0.29, 0.717) is 11.4 Å². The lowest BCUT2D eigenvalue weighted by atomic mass is 9.94. The van der Waals surface area contributed by atoms with Crippen LogP contribution in [0.4, 0.5) is 0 Å². The van der Waals surface area contributed by atoms with E-state index in [9.17, 15) is 9.59 Å². The van der Waals surface area contributed by atoms with Crippen LogP contribution in [0.5, 0.6) is 0 Å². The molecule has 0 fully saturated rings. The lowest BCUT2D eigenvalue weighted by Gasteiger charge is -2.12. The first-order valence-corrected chi connectivity index (χ1v) is 7.26. The average Bonchev–Trinajstić information content (AvgIpc) is 2.47. The zero-order valence-electron chi connectivity index (χ0n) is 12.0. The van der Waals surface area contributed by atoms with Crippen molar-refractivity contribution in [3.05, 3.63) is 59.1 Å². The Morgan fingerprint density at radius 1 is 1.00 bits per heavy atom. The first-order valence-electron chi connectivity index (χ1n) is 6.89. The van der Waals surface area contributed by atoms with E-state index in [1.807, 2.05) is 48.5 Å². The van der Waals surface area contributed by atoms with E-state index < -0.39 is 17.7 Å². The maximum absolute atomic E-state index is 11.4. The minimum atomic E-state index is -0.580. The topological polar surface area (TPSA) is 86.2 Å². The molecular formula is C17H17ClN2O2. The summed E-state index contributed by atoms with van der Waals surface area (Å²) in [5.74, 6) is -1.63. The van der Waals surface area contributed by atoms with E-state index in [1.165, 1.54) is 0 Å². The molecule has 0 spiro atoms. The van der Waals surface area contributed by atoms with Crippen molar-refractivity contribution >= 4 is 23.4 Å². The summed E-state index contributed by atoms with van der Waals surface area (Å²) in [6.45, 7) is 0. The van der Waals surface area contributed by atoms with Crippen LogP contribution >= 0.6 is 11.6 Å². The van der Waals surface area contributed by atoms with Crippen LogP contribution in [0.3, 0.4) is 0 Å². The molecule has 1 atom stereocenters. The van der Waals surface area contributed by atoms with Gasteiger partial charge in [0.15, 0.2) is 0 Å². The summed E-state index contributed by atoms with van der Waals surface area (Å²) in [5, 5.41) is 0.680. The third-order valence-corrected chi connectivity index (χ3v) is 3.80. The van der Waals surface area contributed by atoms with Gasteiger partial charge >= 0.3 is 0 Å². The maximum Gasteiger partial charge on any atom is 0.221 e. The lowest BCUT2D eigenvalue weighted by molar-refractivity contribution is -0.126. The van der Waals surface area contributed by atoms with Gasteiger partial charge in [-0.2, -0.15) is 0 Å². The summed E-state index contributed by atoms with van der Waals surface area (Å²) in [7, 11) is 0. The normalized spacial score (nSPS) is 11.9. The van der Waals surface area contributed by atoms with E-state index in [2.05, 4.69) is 0 Å². The number of carbonyl (C=O) groups is 2. The van der Waals surface area contributed by atoms with Gasteiger partial charge in [0.1, 0.15) is 0 Å². The number of benzene rings is 2. The van der Waals surface area contributed by atoms with Gasteiger partial charge in [-0.25, -0.2) is 0 Å². The van der Waals surface area contributed by atoms with Crippen molar-refractivity contribution in [1.82, 2.24) is 0 Å². The van der Waals surface area contributed by atoms with E-state index >= 15 is 0 Å². The Labute approximate surface area is 134 Å². The highest BCUT2D eigenvalue weighted by Crippen LogP contribution is 2.28. The molecule has 0 radical (unpaired) electrons. The number of primary amides is 2. The number of hydrogen-bond acceptors (Lipinski definition) is 2. The molecule has 22 heavy (non-hydrogen) atoms. The van der Waals surface area contributed by atoms with Crippen molar-refractivity contribution in [3.63, 3.8) is 0 Å². The second kappa shape index (κ2) is 7.09. The average molecular weight is 317 g/mol. The SMILES string of the molecule is NC(=O)CC(Cc1ccc(-c2ccccc2Cl)cc1)C(N)=O. The fraction of sp³-hybridized carbons (Fsp3) is 0.176. The summed E-state index contributed by atoms with van der Waals surface area (Å²) in [5.41, 5.74) is 13.3. The van der Waals surface area contributed by atoms with Gasteiger partial charge in [-0.3, -0.25) is 9.59 Å². The highest BCUT2D eigenvalue weighted by molar-refractivity contribution is 6.33. The van der Waals surface area contributed by atoms with E-state index in [4.69, 9.17) is 23.1 Å². The smallest absolute Gasteiger partial charge is 0.221 e. The minimum absolute atomic E-state index is 0.0401. The molecule has 4 N–H and O–H groups in total. The quantitative estimate of drug-likeness (QED) is 0.858. The van der Waals surface area contributed by atoms with Crippen LogP contribution in [-0.4, -0.2) is 11.8 Å². The number of carbonyl (C=O) groups excluding carboxylic acids is 2. The van der Waals surface area contributed by atoms with Crippen molar-refractivity contribution in [3.8, 4) is 11.1 Å². The van der Waals surface area contributed by atoms with Gasteiger partial charge in [-0.05, 0) is 23.6 Å². The Morgan fingerprint density at radius 3 is 2.18 bits per heavy atom. The third kappa shape index (κ3) is 4.09. The van der Waals surface area contributed by atoms with Gasteiger partial charge in [-0.15, -0.1) is 0 Å². The highest BCUT2D eigenvalue weighted by atomic mass is 35.5. The Morgan fingerprint density at radius 2 is 1.64 bits per heavy atom. The van der Waals surface area contributed by atoms with Crippen LogP contribution in [-0.2, 0) is 16.0 Å². The number of nitrogens with two attached hydrogens (primary N) is 2. The first kappa shape index (κ1) is 16.0. The standard InChI is InChI=1S/C17H17ClN2O2/c18-15-4-2-1-3-14(15)12-7-5-11(6-8-12)9-13(17(20)22)10-16(19)21/h1-8,13H,9-10H2,(H2,19,21)(H2,20,22). The molecule has 0 aliphatic rings. The Hall–Kier alpha value is -2.33. The molecule has 114 valence electrons. The predicted octanol–water partition coefficient (Wildman–Crippen LogP) is 2.53. The fourth-order valence-electron chi connectivity index (χ4n) is 2.32. The molecule has 0 saturated carbocycles. The maximum atomic E-state index is 11.4. The molecule has 0 aliphatic heterocycles. The van der Waals surface area contributed by atoms with Crippen molar-refractivity contribution < 1.29 is 9.59 Å². The van der Waals surface area contributed by atoms with Crippen molar-refractivity contribution in [2.45, 2.75) is 12.8 Å². The molecule has 5 heteroatoms. The Balaban J connectivity index is 2.16. The monoisotopic (exact) mass is 316 g/mol. The molecule has 1 unspecified atom stereocenters. The molecule has 2 aromatic carbocycles. The third-order valence-electron chi connectivity index (χ3n) is 3.47. The summed E-state index contributed by atoms with van der Waals surface area (Å²) < 4.78 is 0. The number of hydrogen-bond donors (Lipinski definition) is 2. The molecule has 0 aliphatic carbocycles. The minimum Gasteiger partial charge on any atom is -0.370 e. The largest absolute Gasteiger partial charge is 0.370 e. The van der Waals surface area contributed by atoms with Gasteiger partial charge in [-0.1, -0.05) is 54.1 Å². The molecule has 0 saturated heterocycles. The van der Waals surface area contributed by atoms with Crippen molar-refractivity contribution in [2.75, 3.05) is 0 Å².